The number of nitro groups is 1. The van der Waals surface area contributed by atoms with E-state index in [-0.39, 0.29) is 21.6 Å². The molecular formula is C32H41N3O5S. The summed E-state index contributed by atoms with van der Waals surface area (Å²) in [5.74, 6) is 2.03. The molecule has 8 nitrogen and oxygen atoms in total. The van der Waals surface area contributed by atoms with Gasteiger partial charge in [0.1, 0.15) is 5.69 Å². The van der Waals surface area contributed by atoms with Gasteiger partial charge in [0, 0.05) is 18.2 Å². The fourth-order valence-electron chi connectivity index (χ4n) is 8.70. The second-order valence-electron chi connectivity index (χ2n) is 13.3. The molecule has 0 heterocycles. The van der Waals surface area contributed by atoms with E-state index in [0.29, 0.717) is 18.2 Å². The fourth-order valence-corrected chi connectivity index (χ4v) is 9.70. The van der Waals surface area contributed by atoms with E-state index >= 15 is 0 Å². The summed E-state index contributed by atoms with van der Waals surface area (Å²) in [7, 11) is -4.30. The maximum atomic E-state index is 13.1. The van der Waals surface area contributed by atoms with Crippen molar-refractivity contribution in [1.29, 1.82) is 0 Å². The average molecular weight is 580 g/mol. The molecule has 0 aliphatic heterocycles. The number of amides is 1. The highest BCUT2D eigenvalue weighted by molar-refractivity contribution is 7.90. The van der Waals surface area contributed by atoms with Crippen LogP contribution in [0.15, 0.2) is 47.4 Å². The minimum atomic E-state index is -4.30. The number of hydrogen-bond acceptors (Lipinski definition) is 6. The van der Waals surface area contributed by atoms with E-state index < -0.39 is 20.9 Å². The Morgan fingerprint density at radius 1 is 0.878 bits per heavy atom. The highest BCUT2D eigenvalue weighted by atomic mass is 32.2. The lowest BCUT2D eigenvalue weighted by molar-refractivity contribution is -0.384. The molecule has 0 atom stereocenters. The SMILES string of the molecule is O=C(NS(=O)(=O)c1ccc(NCC23CC4CC(CC(C4)C2)C3)c([N+](=O)[O-])c1)c1ccc(C2CCCCCCC2)cc1. The van der Waals surface area contributed by atoms with Crippen molar-refractivity contribution in [3.63, 3.8) is 0 Å². The van der Waals surface area contributed by atoms with E-state index in [0.717, 1.165) is 36.7 Å². The van der Waals surface area contributed by atoms with Crippen molar-refractivity contribution < 1.29 is 18.1 Å². The minimum absolute atomic E-state index is 0.173. The molecule has 0 saturated heterocycles. The third-order valence-electron chi connectivity index (χ3n) is 10.3. The number of rotatable bonds is 8. The van der Waals surface area contributed by atoms with Gasteiger partial charge in [-0.05, 0) is 110 Å². The molecule has 5 aliphatic carbocycles. The first-order valence-corrected chi connectivity index (χ1v) is 16.9. The van der Waals surface area contributed by atoms with Crippen molar-refractivity contribution in [2.75, 3.05) is 11.9 Å². The number of carbonyl (C=O) groups excluding carboxylic acids is 1. The van der Waals surface area contributed by atoms with Crippen molar-refractivity contribution in [3.8, 4) is 0 Å². The zero-order chi connectivity index (χ0) is 28.6. The molecule has 7 rings (SSSR count). The number of hydrogen-bond donors (Lipinski definition) is 2. The largest absolute Gasteiger partial charge is 0.379 e. The molecular weight excluding hydrogens is 538 g/mol. The van der Waals surface area contributed by atoms with Crippen LogP contribution in [0.3, 0.4) is 0 Å². The molecule has 2 aromatic rings. The number of nitrogens with zero attached hydrogens (tertiary/aromatic N) is 1. The molecule has 0 aromatic heterocycles. The number of carbonyl (C=O) groups is 1. The van der Waals surface area contributed by atoms with Gasteiger partial charge in [-0.25, -0.2) is 13.1 Å². The van der Waals surface area contributed by atoms with Crippen LogP contribution in [-0.4, -0.2) is 25.8 Å². The third kappa shape index (κ3) is 6.15. The van der Waals surface area contributed by atoms with Crippen LogP contribution in [0.25, 0.3) is 0 Å². The maximum Gasteiger partial charge on any atom is 0.293 e. The molecule has 9 heteroatoms. The summed E-state index contributed by atoms with van der Waals surface area (Å²) in [6.45, 7) is 0.664. The first-order chi connectivity index (χ1) is 19.7. The van der Waals surface area contributed by atoms with Crippen molar-refractivity contribution in [2.45, 2.75) is 94.3 Å². The highest BCUT2D eigenvalue weighted by Gasteiger charge is 2.50. The van der Waals surface area contributed by atoms with Crippen molar-refractivity contribution in [1.82, 2.24) is 4.72 Å². The summed E-state index contributed by atoms with van der Waals surface area (Å²) in [6.07, 6.45) is 15.9. The monoisotopic (exact) mass is 579 g/mol. The molecule has 5 aliphatic rings. The van der Waals surface area contributed by atoms with E-state index in [9.17, 15) is 23.3 Å². The van der Waals surface area contributed by atoms with E-state index in [2.05, 4.69) is 10.0 Å². The van der Waals surface area contributed by atoms with E-state index in [1.807, 2.05) is 12.1 Å². The van der Waals surface area contributed by atoms with Gasteiger partial charge < -0.3 is 5.32 Å². The van der Waals surface area contributed by atoms with Crippen LogP contribution < -0.4 is 10.0 Å². The van der Waals surface area contributed by atoms with Gasteiger partial charge in [-0.15, -0.1) is 0 Å². The van der Waals surface area contributed by atoms with Gasteiger partial charge in [0.25, 0.3) is 21.6 Å². The van der Waals surface area contributed by atoms with Gasteiger partial charge in [0.15, 0.2) is 0 Å². The Hall–Kier alpha value is -2.94. The second kappa shape index (κ2) is 11.4. The van der Waals surface area contributed by atoms with E-state index in [1.54, 1.807) is 12.1 Å². The average Bonchev–Trinajstić information content (AvgIpc) is 2.91. The lowest BCUT2D eigenvalue weighted by Crippen LogP contribution is -2.49. The topological polar surface area (TPSA) is 118 Å². The first-order valence-electron chi connectivity index (χ1n) is 15.4. The number of nitro benzene ring substituents is 1. The standard InChI is InChI=1S/C32H41N3O5S/c36-31(27-10-8-26(9-11-27)25-6-4-2-1-3-5-7-25)34-41(39,40)28-12-13-29(30(17-28)35(37)38)33-21-32-18-22-14-23(19-32)16-24(15-22)20-32/h8-13,17,22-25,33H,1-7,14-16,18-21H2,(H,34,36). The van der Waals surface area contributed by atoms with Crippen LogP contribution in [0.1, 0.15) is 105 Å². The molecule has 0 radical (unpaired) electrons. The van der Waals surface area contributed by atoms with Gasteiger partial charge in [0.05, 0.1) is 9.82 Å². The fraction of sp³-hybridized carbons (Fsp3) is 0.594. The Bertz CT molecular complexity index is 1360. The number of anilines is 1. The van der Waals surface area contributed by atoms with Crippen LogP contribution in [0.4, 0.5) is 11.4 Å². The highest BCUT2D eigenvalue weighted by Crippen LogP contribution is 2.60. The summed E-state index contributed by atoms with van der Waals surface area (Å²) >= 11 is 0. The Labute approximate surface area is 242 Å². The van der Waals surface area contributed by atoms with Gasteiger partial charge in [0.2, 0.25) is 0 Å². The Kier molecular flexibility index (Phi) is 7.83. The Morgan fingerprint density at radius 3 is 2.05 bits per heavy atom. The zero-order valence-corrected chi connectivity index (χ0v) is 24.5. The van der Waals surface area contributed by atoms with Crippen molar-refractivity contribution in [2.24, 2.45) is 23.2 Å². The zero-order valence-electron chi connectivity index (χ0n) is 23.6. The summed E-state index contributed by atoms with van der Waals surface area (Å²) in [5, 5.41) is 15.3. The number of sulfonamides is 1. The first kappa shape index (κ1) is 28.2. The maximum absolute atomic E-state index is 13.1. The minimum Gasteiger partial charge on any atom is -0.379 e. The summed E-state index contributed by atoms with van der Waals surface area (Å²) in [4.78, 5) is 24.0. The molecule has 1 amide bonds. The molecule has 0 spiro atoms. The van der Waals surface area contributed by atoms with Crippen molar-refractivity contribution >= 4 is 27.3 Å². The lowest BCUT2D eigenvalue weighted by Gasteiger charge is -2.57. The third-order valence-corrected chi connectivity index (χ3v) is 11.6. The van der Waals surface area contributed by atoms with Crippen LogP contribution in [0.5, 0.6) is 0 Å². The van der Waals surface area contributed by atoms with Gasteiger partial charge in [-0.1, -0.05) is 44.2 Å². The summed E-state index contributed by atoms with van der Waals surface area (Å²) in [5.41, 5.74) is 1.62. The van der Waals surface area contributed by atoms with Gasteiger partial charge >= 0.3 is 0 Å². The van der Waals surface area contributed by atoms with Crippen LogP contribution >= 0.6 is 0 Å². The normalized spacial score (nSPS) is 28.0. The van der Waals surface area contributed by atoms with Crippen LogP contribution in [-0.2, 0) is 10.0 Å². The number of benzene rings is 2. The molecule has 0 unspecified atom stereocenters. The molecule has 2 aromatic carbocycles. The quantitative estimate of drug-likeness (QED) is 0.253. The van der Waals surface area contributed by atoms with E-state index in [4.69, 9.17) is 0 Å². The molecule has 2 N–H and O–H groups in total. The summed E-state index contributed by atoms with van der Waals surface area (Å²) < 4.78 is 28.3. The summed E-state index contributed by atoms with van der Waals surface area (Å²) in [6, 6.07) is 11.0. The molecule has 4 bridgehead atoms. The van der Waals surface area contributed by atoms with Gasteiger partial charge in [-0.2, -0.15) is 0 Å². The molecule has 41 heavy (non-hydrogen) atoms. The Morgan fingerprint density at radius 2 is 1.46 bits per heavy atom. The smallest absolute Gasteiger partial charge is 0.293 e. The molecule has 5 saturated carbocycles. The second-order valence-corrected chi connectivity index (χ2v) is 15.0. The lowest BCUT2D eigenvalue weighted by atomic mass is 9.49. The van der Waals surface area contributed by atoms with Crippen LogP contribution in [0, 0.1) is 33.3 Å². The van der Waals surface area contributed by atoms with Crippen molar-refractivity contribution in [3.05, 3.63) is 63.7 Å². The number of nitrogens with one attached hydrogen (secondary N) is 2. The molecule has 220 valence electrons. The molecule has 5 fully saturated rings. The van der Waals surface area contributed by atoms with Crippen LogP contribution in [0.2, 0.25) is 0 Å². The predicted molar refractivity (Wildman–Crippen MR) is 158 cm³/mol. The van der Waals surface area contributed by atoms with E-state index in [1.165, 1.54) is 88.3 Å². The van der Waals surface area contributed by atoms with Gasteiger partial charge in [-0.3, -0.25) is 14.9 Å². The predicted octanol–water partition coefficient (Wildman–Crippen LogP) is 7.17. The Balaban J connectivity index is 1.13.